The van der Waals surface area contributed by atoms with Crippen LogP contribution in [0.15, 0.2) is 18.2 Å². The van der Waals surface area contributed by atoms with Crippen LogP contribution in [0, 0.1) is 5.92 Å². The van der Waals surface area contributed by atoms with E-state index in [2.05, 4.69) is 5.32 Å². The normalized spacial score (nSPS) is 19.3. The first-order valence-electron chi connectivity index (χ1n) is 8.75. The molecule has 144 valence electrons. The van der Waals surface area contributed by atoms with Crippen LogP contribution in [0.4, 0.5) is 0 Å². The first-order chi connectivity index (χ1) is 12.5. The Balaban J connectivity index is 2.22. The van der Waals surface area contributed by atoms with Crippen LogP contribution in [0.2, 0.25) is 0 Å². The molecule has 1 N–H and O–H groups in total. The SMILES string of the molecule is COCCCNC(=O)C1CN(C(C)=O)CC1c1ccc(OC)cc1OC. The monoisotopic (exact) mass is 364 g/mol. The lowest BCUT2D eigenvalue weighted by Crippen LogP contribution is -2.36. The zero-order chi connectivity index (χ0) is 19.1. The Bertz CT molecular complexity index is 634. The first kappa shape index (κ1) is 20.0. The Labute approximate surface area is 154 Å². The summed E-state index contributed by atoms with van der Waals surface area (Å²) in [4.78, 5) is 26.3. The average Bonchev–Trinajstić information content (AvgIpc) is 3.10. The highest BCUT2D eigenvalue weighted by Gasteiger charge is 2.40. The Kier molecular flexibility index (Phi) is 7.26. The van der Waals surface area contributed by atoms with Crippen LogP contribution in [0.5, 0.6) is 11.5 Å². The van der Waals surface area contributed by atoms with E-state index in [-0.39, 0.29) is 23.7 Å². The van der Waals surface area contributed by atoms with Crippen molar-refractivity contribution >= 4 is 11.8 Å². The van der Waals surface area contributed by atoms with E-state index in [1.807, 2.05) is 12.1 Å². The van der Waals surface area contributed by atoms with Gasteiger partial charge >= 0.3 is 0 Å². The molecule has 1 saturated heterocycles. The van der Waals surface area contributed by atoms with E-state index in [0.29, 0.717) is 37.7 Å². The Morgan fingerprint density at radius 2 is 1.96 bits per heavy atom. The van der Waals surface area contributed by atoms with Crippen LogP contribution >= 0.6 is 0 Å². The minimum Gasteiger partial charge on any atom is -0.497 e. The number of carbonyl (C=O) groups excluding carboxylic acids is 2. The third-order valence-corrected chi connectivity index (χ3v) is 4.77. The number of benzene rings is 1. The van der Waals surface area contributed by atoms with Gasteiger partial charge in [-0.05, 0) is 12.5 Å². The molecule has 2 unspecified atom stereocenters. The van der Waals surface area contributed by atoms with Crippen molar-refractivity contribution in [2.75, 3.05) is 47.6 Å². The topological polar surface area (TPSA) is 77.1 Å². The molecule has 2 atom stereocenters. The van der Waals surface area contributed by atoms with Crippen molar-refractivity contribution < 1.29 is 23.8 Å². The summed E-state index contributed by atoms with van der Waals surface area (Å²) in [5, 5.41) is 2.96. The van der Waals surface area contributed by atoms with Crippen molar-refractivity contribution in [3.05, 3.63) is 23.8 Å². The third-order valence-electron chi connectivity index (χ3n) is 4.77. The number of rotatable bonds is 8. The molecule has 0 bridgehead atoms. The Morgan fingerprint density at radius 3 is 2.58 bits per heavy atom. The van der Waals surface area contributed by atoms with Crippen molar-refractivity contribution in [3.63, 3.8) is 0 Å². The predicted molar refractivity (Wildman–Crippen MR) is 97.5 cm³/mol. The Hall–Kier alpha value is -2.28. The van der Waals surface area contributed by atoms with Crippen molar-refractivity contribution in [1.29, 1.82) is 0 Å². The lowest BCUT2D eigenvalue weighted by molar-refractivity contribution is -0.128. The van der Waals surface area contributed by atoms with E-state index >= 15 is 0 Å². The summed E-state index contributed by atoms with van der Waals surface area (Å²) < 4.78 is 15.8. The summed E-state index contributed by atoms with van der Waals surface area (Å²) in [7, 11) is 4.82. The molecular formula is C19H28N2O5. The summed E-state index contributed by atoms with van der Waals surface area (Å²) in [6, 6.07) is 5.57. The lowest BCUT2D eigenvalue weighted by atomic mass is 9.87. The molecule has 1 aromatic rings. The molecule has 26 heavy (non-hydrogen) atoms. The summed E-state index contributed by atoms with van der Waals surface area (Å²) in [5.74, 6) is 0.834. The number of amides is 2. The molecule has 0 radical (unpaired) electrons. The van der Waals surface area contributed by atoms with Gasteiger partial charge in [-0.3, -0.25) is 9.59 Å². The van der Waals surface area contributed by atoms with Crippen molar-refractivity contribution in [2.24, 2.45) is 5.92 Å². The number of nitrogens with zero attached hydrogens (tertiary/aromatic N) is 1. The van der Waals surface area contributed by atoms with Crippen LogP contribution in [0.3, 0.4) is 0 Å². The maximum atomic E-state index is 12.7. The van der Waals surface area contributed by atoms with Crippen LogP contribution in [0.1, 0.15) is 24.8 Å². The molecule has 1 fully saturated rings. The van der Waals surface area contributed by atoms with Gasteiger partial charge < -0.3 is 24.4 Å². The highest BCUT2D eigenvalue weighted by atomic mass is 16.5. The number of methoxy groups -OCH3 is 3. The van der Waals surface area contributed by atoms with Gasteiger partial charge in [-0.1, -0.05) is 6.07 Å². The second-order valence-corrected chi connectivity index (χ2v) is 6.38. The first-order valence-corrected chi connectivity index (χ1v) is 8.75. The van der Waals surface area contributed by atoms with Crippen LogP contribution < -0.4 is 14.8 Å². The minimum absolute atomic E-state index is 0.0304. The van der Waals surface area contributed by atoms with Crippen LogP contribution in [-0.2, 0) is 14.3 Å². The molecule has 1 aliphatic rings. The molecule has 2 rings (SSSR count). The number of likely N-dealkylation sites (tertiary alicyclic amines) is 1. The molecule has 7 heteroatoms. The van der Waals surface area contributed by atoms with Gasteiger partial charge in [0.05, 0.1) is 20.1 Å². The van der Waals surface area contributed by atoms with E-state index in [4.69, 9.17) is 14.2 Å². The van der Waals surface area contributed by atoms with Crippen molar-refractivity contribution in [1.82, 2.24) is 10.2 Å². The standard InChI is InChI=1S/C19H28N2O5/c1-13(22)21-11-16(15-7-6-14(25-3)10-18(15)26-4)17(12-21)19(23)20-8-5-9-24-2/h6-7,10,16-17H,5,8-9,11-12H2,1-4H3,(H,20,23). The fourth-order valence-electron chi connectivity index (χ4n) is 3.33. The third kappa shape index (κ3) is 4.66. The smallest absolute Gasteiger partial charge is 0.225 e. The fraction of sp³-hybridized carbons (Fsp3) is 0.579. The van der Waals surface area contributed by atoms with E-state index in [9.17, 15) is 9.59 Å². The van der Waals surface area contributed by atoms with Gasteiger partial charge in [-0.15, -0.1) is 0 Å². The highest BCUT2D eigenvalue weighted by molar-refractivity contribution is 5.83. The molecule has 7 nitrogen and oxygen atoms in total. The average molecular weight is 364 g/mol. The molecule has 1 aliphatic heterocycles. The summed E-state index contributed by atoms with van der Waals surface area (Å²) >= 11 is 0. The summed E-state index contributed by atoms with van der Waals surface area (Å²) in [6.07, 6.45) is 0.752. The molecule has 2 amide bonds. The van der Waals surface area contributed by atoms with E-state index in [1.165, 1.54) is 6.92 Å². The maximum Gasteiger partial charge on any atom is 0.225 e. The number of hydrogen-bond acceptors (Lipinski definition) is 5. The van der Waals surface area contributed by atoms with Gasteiger partial charge in [-0.2, -0.15) is 0 Å². The molecule has 0 aliphatic carbocycles. The van der Waals surface area contributed by atoms with E-state index in [0.717, 1.165) is 12.0 Å². The van der Waals surface area contributed by atoms with Gasteiger partial charge in [-0.25, -0.2) is 0 Å². The molecule has 0 spiro atoms. The van der Waals surface area contributed by atoms with Gasteiger partial charge in [0, 0.05) is 57.8 Å². The zero-order valence-electron chi connectivity index (χ0n) is 15.9. The van der Waals surface area contributed by atoms with E-state index < -0.39 is 0 Å². The molecular weight excluding hydrogens is 336 g/mol. The van der Waals surface area contributed by atoms with Crippen LogP contribution in [0.25, 0.3) is 0 Å². The summed E-state index contributed by atoms with van der Waals surface area (Å²) in [6.45, 7) is 3.58. The second kappa shape index (κ2) is 9.43. The van der Waals surface area contributed by atoms with Gasteiger partial charge in [0.1, 0.15) is 11.5 Å². The van der Waals surface area contributed by atoms with Gasteiger partial charge in [0.2, 0.25) is 11.8 Å². The number of hydrogen-bond donors (Lipinski definition) is 1. The molecule has 1 heterocycles. The predicted octanol–water partition coefficient (Wildman–Crippen LogP) is 1.42. The Morgan fingerprint density at radius 1 is 1.19 bits per heavy atom. The molecule has 0 aromatic heterocycles. The van der Waals surface area contributed by atoms with Crippen molar-refractivity contribution in [2.45, 2.75) is 19.3 Å². The van der Waals surface area contributed by atoms with Crippen molar-refractivity contribution in [3.8, 4) is 11.5 Å². The zero-order valence-corrected chi connectivity index (χ0v) is 15.9. The van der Waals surface area contributed by atoms with Gasteiger partial charge in [0.15, 0.2) is 0 Å². The fourth-order valence-corrected chi connectivity index (χ4v) is 3.33. The number of carbonyl (C=O) groups is 2. The molecule has 1 aromatic carbocycles. The van der Waals surface area contributed by atoms with Crippen LogP contribution in [-0.4, -0.2) is 64.3 Å². The van der Waals surface area contributed by atoms with E-state index in [1.54, 1.807) is 32.3 Å². The highest BCUT2D eigenvalue weighted by Crippen LogP contribution is 2.39. The minimum atomic E-state index is -0.316. The summed E-state index contributed by atoms with van der Waals surface area (Å²) in [5.41, 5.74) is 0.911. The number of ether oxygens (including phenoxy) is 3. The number of nitrogens with one attached hydrogen (secondary N) is 1. The second-order valence-electron chi connectivity index (χ2n) is 6.38. The lowest BCUT2D eigenvalue weighted by Gasteiger charge is -2.21. The van der Waals surface area contributed by atoms with Gasteiger partial charge in [0.25, 0.3) is 0 Å². The molecule has 0 saturated carbocycles. The largest absolute Gasteiger partial charge is 0.497 e. The quantitative estimate of drug-likeness (QED) is 0.706. The maximum absolute atomic E-state index is 12.7.